The fraction of sp³-hybridized carbons (Fsp3) is 0.778. The summed E-state index contributed by atoms with van der Waals surface area (Å²) in [6, 6.07) is 2.90. The zero-order chi connectivity index (χ0) is 22.3. The molecule has 2 nitrogen and oxygen atoms in total. The van der Waals surface area contributed by atoms with Crippen LogP contribution in [0.15, 0.2) is 12.1 Å². The van der Waals surface area contributed by atoms with E-state index in [2.05, 4.69) is 13.8 Å². The van der Waals surface area contributed by atoms with Gasteiger partial charge < -0.3 is 9.47 Å². The highest BCUT2D eigenvalue weighted by molar-refractivity contribution is 5.34. The molecule has 1 aromatic rings. The lowest BCUT2D eigenvalue weighted by molar-refractivity contribution is -0.0149. The fourth-order valence-corrected chi connectivity index (χ4v) is 6.67. The minimum atomic E-state index is -0.971. The van der Waals surface area contributed by atoms with E-state index in [1.54, 1.807) is 0 Å². The van der Waals surface area contributed by atoms with Crippen molar-refractivity contribution in [1.29, 1.82) is 0 Å². The van der Waals surface area contributed by atoms with E-state index in [0.29, 0.717) is 17.9 Å². The van der Waals surface area contributed by atoms with Gasteiger partial charge in [-0.05, 0) is 73.8 Å². The maximum atomic E-state index is 14.2. The molecule has 4 heteroatoms. The van der Waals surface area contributed by atoms with Crippen LogP contribution in [0.25, 0.3) is 0 Å². The highest BCUT2D eigenvalue weighted by atomic mass is 19.2. The molecule has 0 radical (unpaired) electrons. The molecule has 0 atom stereocenters. The smallest absolute Gasteiger partial charge is 0.204 e. The van der Waals surface area contributed by atoms with E-state index in [-0.39, 0.29) is 11.5 Å². The summed E-state index contributed by atoms with van der Waals surface area (Å²) in [7, 11) is 1.33. The first-order chi connectivity index (χ1) is 15.1. The maximum absolute atomic E-state index is 14.2. The summed E-state index contributed by atoms with van der Waals surface area (Å²) in [5.41, 5.74) is 0.543. The molecule has 2 aliphatic carbocycles. The summed E-state index contributed by atoms with van der Waals surface area (Å²) in [5.74, 6) is 0.112. The third-order valence-corrected chi connectivity index (χ3v) is 8.24. The Labute approximate surface area is 188 Å². The zero-order valence-electron chi connectivity index (χ0n) is 19.9. The van der Waals surface area contributed by atoms with Crippen LogP contribution in [0, 0.1) is 34.8 Å². The minimum absolute atomic E-state index is 0.00451. The standard InChI is InChI=1S/C27H42F2O2/c1-4-9-21(10-5-2)27(17-7-6-8-18-27)22-13-11-20(12-14-22)19-31-24-16-15-23(30-3)25(28)26(24)29/h15-16,20-22H,4-14,17-19H2,1-3H3. The number of hydrogen-bond acceptors (Lipinski definition) is 2. The first kappa shape index (κ1) is 24.3. The molecule has 0 spiro atoms. The average Bonchev–Trinajstić information content (AvgIpc) is 2.81. The Morgan fingerprint density at radius 3 is 2.06 bits per heavy atom. The molecule has 2 saturated carbocycles. The van der Waals surface area contributed by atoms with Crippen LogP contribution in [0.1, 0.15) is 97.3 Å². The number of halogens is 2. The molecule has 2 fully saturated rings. The van der Waals surface area contributed by atoms with E-state index in [4.69, 9.17) is 9.47 Å². The van der Waals surface area contributed by atoms with Crippen LogP contribution in [-0.2, 0) is 0 Å². The van der Waals surface area contributed by atoms with E-state index in [0.717, 1.165) is 24.7 Å². The highest BCUT2D eigenvalue weighted by Crippen LogP contribution is 2.55. The van der Waals surface area contributed by atoms with Crippen LogP contribution < -0.4 is 9.47 Å². The van der Waals surface area contributed by atoms with E-state index in [1.807, 2.05) is 0 Å². The van der Waals surface area contributed by atoms with Gasteiger partial charge in [0.1, 0.15) is 0 Å². The van der Waals surface area contributed by atoms with Crippen LogP contribution in [0.4, 0.5) is 8.78 Å². The van der Waals surface area contributed by atoms with Gasteiger partial charge in [-0.2, -0.15) is 8.78 Å². The molecule has 2 aliphatic rings. The predicted molar refractivity (Wildman–Crippen MR) is 123 cm³/mol. The van der Waals surface area contributed by atoms with Crippen LogP contribution in [0.3, 0.4) is 0 Å². The van der Waals surface area contributed by atoms with Gasteiger partial charge >= 0.3 is 0 Å². The van der Waals surface area contributed by atoms with E-state index in [9.17, 15) is 8.78 Å². The molecule has 0 aliphatic heterocycles. The first-order valence-electron chi connectivity index (χ1n) is 12.7. The fourth-order valence-electron chi connectivity index (χ4n) is 6.67. The monoisotopic (exact) mass is 436 g/mol. The molecule has 1 aromatic carbocycles. The number of methoxy groups -OCH3 is 1. The Bertz CT molecular complexity index is 670. The van der Waals surface area contributed by atoms with Crippen LogP contribution in [-0.4, -0.2) is 13.7 Å². The number of hydrogen-bond donors (Lipinski definition) is 0. The van der Waals surface area contributed by atoms with Crippen molar-refractivity contribution in [3.63, 3.8) is 0 Å². The largest absolute Gasteiger partial charge is 0.494 e. The van der Waals surface area contributed by atoms with Crippen molar-refractivity contribution in [1.82, 2.24) is 0 Å². The van der Waals surface area contributed by atoms with Crippen molar-refractivity contribution in [2.45, 2.75) is 97.3 Å². The SMILES string of the molecule is CCCC(CCC)C1(C2CCC(COc3ccc(OC)c(F)c3F)CC2)CCCCC1. The number of rotatable bonds is 10. The van der Waals surface area contributed by atoms with Gasteiger partial charge in [0.15, 0.2) is 11.5 Å². The molecule has 3 rings (SSSR count). The molecule has 0 bridgehead atoms. The van der Waals surface area contributed by atoms with Crippen molar-refractivity contribution in [3.05, 3.63) is 23.8 Å². The Morgan fingerprint density at radius 2 is 1.48 bits per heavy atom. The normalized spacial score (nSPS) is 23.7. The molecule has 0 amide bonds. The lowest BCUT2D eigenvalue weighted by Crippen LogP contribution is -2.42. The summed E-state index contributed by atoms with van der Waals surface area (Å²) >= 11 is 0. The summed E-state index contributed by atoms with van der Waals surface area (Å²) in [4.78, 5) is 0. The zero-order valence-corrected chi connectivity index (χ0v) is 19.9. The van der Waals surface area contributed by atoms with Gasteiger partial charge in [-0.3, -0.25) is 0 Å². The number of benzene rings is 1. The summed E-state index contributed by atoms with van der Waals surface area (Å²) in [6.45, 7) is 5.15. The molecule has 31 heavy (non-hydrogen) atoms. The Kier molecular flexibility index (Phi) is 9.04. The lowest BCUT2D eigenvalue weighted by Gasteiger charge is -2.51. The van der Waals surface area contributed by atoms with E-state index in [1.165, 1.54) is 89.9 Å². The summed E-state index contributed by atoms with van der Waals surface area (Å²) in [5, 5.41) is 0. The van der Waals surface area contributed by atoms with Crippen molar-refractivity contribution in [2.75, 3.05) is 13.7 Å². The maximum Gasteiger partial charge on any atom is 0.204 e. The quantitative estimate of drug-likeness (QED) is 0.367. The third-order valence-electron chi connectivity index (χ3n) is 8.24. The van der Waals surface area contributed by atoms with E-state index >= 15 is 0 Å². The highest BCUT2D eigenvalue weighted by Gasteiger charge is 2.45. The number of ether oxygens (including phenoxy) is 2. The van der Waals surface area contributed by atoms with Gasteiger partial charge in [-0.15, -0.1) is 0 Å². The summed E-state index contributed by atoms with van der Waals surface area (Å²) < 4.78 is 38.7. The second-order valence-corrected chi connectivity index (χ2v) is 9.99. The van der Waals surface area contributed by atoms with Crippen molar-refractivity contribution >= 4 is 0 Å². The minimum Gasteiger partial charge on any atom is -0.494 e. The second kappa shape index (κ2) is 11.5. The van der Waals surface area contributed by atoms with Gasteiger partial charge in [0.25, 0.3) is 0 Å². The molecule has 0 N–H and O–H groups in total. The van der Waals surface area contributed by atoms with Crippen LogP contribution in [0.2, 0.25) is 0 Å². The summed E-state index contributed by atoms with van der Waals surface area (Å²) in [6.07, 6.45) is 17.2. The van der Waals surface area contributed by atoms with Crippen LogP contribution >= 0.6 is 0 Å². The second-order valence-electron chi connectivity index (χ2n) is 9.99. The molecule has 0 saturated heterocycles. The van der Waals surface area contributed by atoms with Crippen LogP contribution in [0.5, 0.6) is 11.5 Å². The van der Waals surface area contributed by atoms with Crippen molar-refractivity contribution in [3.8, 4) is 11.5 Å². The first-order valence-corrected chi connectivity index (χ1v) is 12.7. The Hall–Kier alpha value is -1.32. The average molecular weight is 437 g/mol. The molecule has 176 valence electrons. The Balaban J connectivity index is 1.60. The molecule has 0 heterocycles. The van der Waals surface area contributed by atoms with Gasteiger partial charge in [-0.25, -0.2) is 0 Å². The van der Waals surface area contributed by atoms with Crippen molar-refractivity contribution in [2.24, 2.45) is 23.2 Å². The molecular formula is C27H42F2O2. The third kappa shape index (κ3) is 5.54. The Morgan fingerprint density at radius 1 is 0.903 bits per heavy atom. The van der Waals surface area contributed by atoms with Gasteiger partial charge in [0.05, 0.1) is 13.7 Å². The lowest BCUT2D eigenvalue weighted by atomic mass is 9.54. The van der Waals surface area contributed by atoms with Gasteiger partial charge in [0, 0.05) is 0 Å². The van der Waals surface area contributed by atoms with Crippen molar-refractivity contribution < 1.29 is 18.3 Å². The molecule has 0 aromatic heterocycles. The van der Waals surface area contributed by atoms with E-state index < -0.39 is 11.6 Å². The topological polar surface area (TPSA) is 18.5 Å². The molecule has 0 unspecified atom stereocenters. The van der Waals surface area contributed by atoms with Gasteiger partial charge in [-0.1, -0.05) is 58.8 Å². The predicted octanol–water partition coefficient (Wildman–Crippen LogP) is 8.33. The van der Waals surface area contributed by atoms with Gasteiger partial charge in [0.2, 0.25) is 11.6 Å². The molecular weight excluding hydrogens is 394 g/mol.